The van der Waals surface area contributed by atoms with Gasteiger partial charge in [0.25, 0.3) is 0 Å². The molecule has 1 N–H and O–H groups in total. The van der Waals surface area contributed by atoms with Gasteiger partial charge in [0.2, 0.25) is 5.95 Å². The highest BCUT2D eigenvalue weighted by atomic mass is 32.1. The first kappa shape index (κ1) is 14.6. The third-order valence-corrected chi connectivity index (χ3v) is 3.92. The summed E-state index contributed by atoms with van der Waals surface area (Å²) in [6.45, 7) is 4.76. The van der Waals surface area contributed by atoms with Gasteiger partial charge in [-0.2, -0.15) is 5.10 Å². The average molecular weight is 292 g/mol. The average Bonchev–Trinajstić information content (AvgIpc) is 2.94. The van der Waals surface area contributed by atoms with Crippen LogP contribution in [0.2, 0.25) is 0 Å². The molecule has 0 aliphatic rings. The zero-order valence-corrected chi connectivity index (χ0v) is 13.2. The van der Waals surface area contributed by atoms with Crippen molar-refractivity contribution in [3.05, 3.63) is 22.5 Å². The van der Waals surface area contributed by atoms with Crippen LogP contribution in [0.3, 0.4) is 0 Å². The number of thiazole rings is 1. The minimum absolute atomic E-state index is 0.568. The Bertz CT molecular complexity index is 566. The molecule has 0 aliphatic heterocycles. The number of rotatable bonds is 6. The molecule has 0 unspecified atom stereocenters. The van der Waals surface area contributed by atoms with E-state index in [1.165, 1.54) is 0 Å². The van der Waals surface area contributed by atoms with E-state index in [4.69, 9.17) is 0 Å². The minimum Gasteiger partial charge on any atom is -0.354 e. The lowest BCUT2D eigenvalue weighted by Gasteiger charge is -2.07. The Hall–Kier alpha value is -1.76. The van der Waals surface area contributed by atoms with E-state index < -0.39 is 0 Å². The smallest absolute Gasteiger partial charge is 0.243 e. The molecule has 108 valence electrons. The highest BCUT2D eigenvalue weighted by Gasteiger charge is 2.07. The number of aryl methyl sites for hydroxylation is 2. The number of hydrogen-bond donors (Lipinski definition) is 1. The predicted octanol–water partition coefficient (Wildman–Crippen LogP) is 2.13. The van der Waals surface area contributed by atoms with Crippen LogP contribution in [0.1, 0.15) is 30.9 Å². The summed E-state index contributed by atoms with van der Waals surface area (Å²) < 4.78 is 0. The first-order chi connectivity index (χ1) is 9.63. The lowest BCUT2D eigenvalue weighted by atomic mass is 10.2. The third kappa shape index (κ3) is 3.41. The summed E-state index contributed by atoms with van der Waals surface area (Å²) in [6, 6.07) is 0. The molecule has 2 aromatic heterocycles. The molecular formula is C13H20N6S. The number of nitrogens with zero attached hydrogens (tertiary/aromatic N) is 5. The maximum atomic E-state index is 4.51. The molecule has 0 atom stereocenters. The quantitative estimate of drug-likeness (QED) is 0.880. The largest absolute Gasteiger partial charge is 0.354 e. The van der Waals surface area contributed by atoms with Gasteiger partial charge in [-0.15, -0.1) is 16.4 Å². The Morgan fingerprint density at radius 3 is 2.45 bits per heavy atom. The Morgan fingerprint density at radius 1 is 1.10 bits per heavy atom. The summed E-state index contributed by atoms with van der Waals surface area (Å²) >= 11 is 1.62. The van der Waals surface area contributed by atoms with E-state index in [1.54, 1.807) is 11.3 Å². The van der Waals surface area contributed by atoms with Crippen molar-refractivity contribution >= 4 is 22.4 Å². The van der Waals surface area contributed by atoms with Crippen molar-refractivity contribution in [1.82, 2.24) is 20.2 Å². The summed E-state index contributed by atoms with van der Waals surface area (Å²) in [7, 11) is 3.97. The van der Waals surface area contributed by atoms with Crippen LogP contribution in [0.5, 0.6) is 0 Å². The standard InChI is InChI=1S/C13H20N6S/c1-5-10-11(6-2)17-18-12(16-10)14-7-9-8-20-13(15-9)19(3)4/h8H,5-7H2,1-4H3,(H,14,16,18). The van der Waals surface area contributed by atoms with Gasteiger partial charge in [-0.05, 0) is 12.8 Å². The Labute approximate surface area is 123 Å². The molecule has 0 amide bonds. The van der Waals surface area contributed by atoms with Crippen LogP contribution < -0.4 is 10.2 Å². The first-order valence-electron chi connectivity index (χ1n) is 6.72. The van der Waals surface area contributed by atoms with E-state index in [9.17, 15) is 0 Å². The molecule has 0 spiro atoms. The third-order valence-electron chi connectivity index (χ3n) is 2.86. The van der Waals surface area contributed by atoms with Crippen molar-refractivity contribution in [2.75, 3.05) is 24.3 Å². The molecular weight excluding hydrogens is 272 g/mol. The highest BCUT2D eigenvalue weighted by molar-refractivity contribution is 7.13. The van der Waals surface area contributed by atoms with Crippen LogP contribution in [0, 0.1) is 0 Å². The second-order valence-electron chi connectivity index (χ2n) is 4.61. The minimum atomic E-state index is 0.568. The van der Waals surface area contributed by atoms with Crippen LogP contribution in [0.4, 0.5) is 11.1 Å². The fraction of sp³-hybridized carbons (Fsp3) is 0.538. The molecule has 20 heavy (non-hydrogen) atoms. The number of hydrogen-bond acceptors (Lipinski definition) is 7. The predicted molar refractivity (Wildman–Crippen MR) is 82.4 cm³/mol. The summed E-state index contributed by atoms with van der Waals surface area (Å²) in [6.07, 6.45) is 1.73. The van der Waals surface area contributed by atoms with Crippen LogP contribution >= 0.6 is 11.3 Å². The molecule has 0 bridgehead atoms. The van der Waals surface area contributed by atoms with Crippen molar-refractivity contribution in [3.63, 3.8) is 0 Å². The van der Waals surface area contributed by atoms with Crippen LogP contribution in [-0.2, 0) is 19.4 Å². The van der Waals surface area contributed by atoms with Crippen LogP contribution in [0.25, 0.3) is 0 Å². The molecule has 0 aromatic carbocycles. The van der Waals surface area contributed by atoms with Crippen molar-refractivity contribution in [1.29, 1.82) is 0 Å². The summed E-state index contributed by atoms with van der Waals surface area (Å²) in [5.41, 5.74) is 2.97. The zero-order valence-electron chi connectivity index (χ0n) is 12.3. The molecule has 0 radical (unpaired) electrons. The Balaban J connectivity index is 2.03. The molecule has 2 aromatic rings. The summed E-state index contributed by atoms with van der Waals surface area (Å²) in [5.74, 6) is 0.568. The molecule has 0 saturated heterocycles. The van der Waals surface area contributed by atoms with Gasteiger partial charge in [0.15, 0.2) is 5.13 Å². The van der Waals surface area contributed by atoms with E-state index in [2.05, 4.69) is 39.3 Å². The van der Waals surface area contributed by atoms with E-state index in [1.807, 2.05) is 24.4 Å². The Morgan fingerprint density at radius 2 is 1.85 bits per heavy atom. The molecule has 0 fully saturated rings. The molecule has 2 rings (SSSR count). The van der Waals surface area contributed by atoms with Gasteiger partial charge in [0.05, 0.1) is 23.6 Å². The maximum Gasteiger partial charge on any atom is 0.243 e. The second kappa shape index (κ2) is 6.60. The van der Waals surface area contributed by atoms with Gasteiger partial charge in [-0.1, -0.05) is 13.8 Å². The second-order valence-corrected chi connectivity index (χ2v) is 5.44. The SMILES string of the molecule is CCc1nnc(NCc2csc(N(C)C)n2)nc1CC. The van der Waals surface area contributed by atoms with Crippen LogP contribution in [0.15, 0.2) is 5.38 Å². The molecule has 7 heteroatoms. The molecule has 6 nitrogen and oxygen atoms in total. The fourth-order valence-corrected chi connectivity index (χ4v) is 2.52. The summed E-state index contributed by atoms with van der Waals surface area (Å²) in [5, 5.41) is 14.5. The summed E-state index contributed by atoms with van der Waals surface area (Å²) in [4.78, 5) is 11.0. The van der Waals surface area contributed by atoms with Gasteiger partial charge >= 0.3 is 0 Å². The number of aromatic nitrogens is 4. The molecule has 2 heterocycles. The van der Waals surface area contributed by atoms with Gasteiger partial charge in [-0.25, -0.2) is 9.97 Å². The van der Waals surface area contributed by atoms with Gasteiger partial charge in [0, 0.05) is 19.5 Å². The van der Waals surface area contributed by atoms with Crippen molar-refractivity contribution < 1.29 is 0 Å². The van der Waals surface area contributed by atoms with Crippen molar-refractivity contribution in [2.45, 2.75) is 33.2 Å². The maximum absolute atomic E-state index is 4.51. The first-order valence-corrected chi connectivity index (χ1v) is 7.60. The van der Waals surface area contributed by atoms with Gasteiger partial charge in [-0.3, -0.25) is 0 Å². The van der Waals surface area contributed by atoms with Gasteiger partial charge in [0.1, 0.15) is 0 Å². The van der Waals surface area contributed by atoms with Crippen molar-refractivity contribution in [2.24, 2.45) is 0 Å². The normalized spacial score (nSPS) is 10.6. The van der Waals surface area contributed by atoms with E-state index in [-0.39, 0.29) is 0 Å². The number of nitrogens with one attached hydrogen (secondary N) is 1. The monoisotopic (exact) mass is 292 g/mol. The molecule has 0 aliphatic carbocycles. The van der Waals surface area contributed by atoms with Crippen LogP contribution in [-0.4, -0.2) is 34.3 Å². The van der Waals surface area contributed by atoms with Crippen molar-refractivity contribution in [3.8, 4) is 0 Å². The lowest BCUT2D eigenvalue weighted by molar-refractivity contribution is 0.818. The Kier molecular flexibility index (Phi) is 4.84. The van der Waals surface area contributed by atoms with Gasteiger partial charge < -0.3 is 10.2 Å². The fourth-order valence-electron chi connectivity index (χ4n) is 1.77. The molecule has 0 saturated carbocycles. The van der Waals surface area contributed by atoms with E-state index in [0.717, 1.165) is 35.1 Å². The number of anilines is 2. The highest BCUT2D eigenvalue weighted by Crippen LogP contribution is 2.18. The van der Waals surface area contributed by atoms with E-state index in [0.29, 0.717) is 12.5 Å². The topological polar surface area (TPSA) is 66.8 Å². The van der Waals surface area contributed by atoms with E-state index >= 15 is 0 Å². The zero-order chi connectivity index (χ0) is 14.5. The lowest BCUT2D eigenvalue weighted by Crippen LogP contribution is -2.10.